The van der Waals surface area contributed by atoms with E-state index in [1.54, 1.807) is 21.3 Å². The van der Waals surface area contributed by atoms with Gasteiger partial charge >= 0.3 is 0 Å². The average molecular weight is 492 g/mol. The molecule has 0 aromatic heterocycles. The number of hydrogen-bond donors (Lipinski definition) is 1. The number of hydrogen-bond acceptors (Lipinski definition) is 5. The summed E-state index contributed by atoms with van der Waals surface area (Å²) in [5.74, 6) is 2.91. The van der Waals surface area contributed by atoms with Crippen molar-refractivity contribution in [2.24, 2.45) is 5.92 Å². The summed E-state index contributed by atoms with van der Waals surface area (Å²) in [7, 11) is 4.89. The summed E-state index contributed by atoms with van der Waals surface area (Å²) >= 11 is 0. The lowest BCUT2D eigenvalue weighted by molar-refractivity contribution is -0.126. The molecule has 1 aliphatic heterocycles. The molecule has 0 bridgehead atoms. The van der Waals surface area contributed by atoms with Crippen LogP contribution in [0.5, 0.6) is 23.0 Å². The fraction of sp³-hybridized carbons (Fsp3) is 0.367. The molecule has 1 heterocycles. The molecule has 3 aromatic carbocycles. The molecule has 1 fully saturated rings. The molecule has 1 amide bonds. The van der Waals surface area contributed by atoms with Gasteiger partial charge in [0.15, 0.2) is 23.0 Å². The Hall–Kier alpha value is -3.67. The van der Waals surface area contributed by atoms with Gasteiger partial charge in [-0.3, -0.25) is 4.79 Å². The quantitative estimate of drug-likeness (QED) is 0.411. The normalized spacial score (nSPS) is 16.8. The van der Waals surface area contributed by atoms with E-state index < -0.39 is 0 Å². The van der Waals surface area contributed by atoms with Crippen molar-refractivity contribution in [1.82, 2.24) is 5.32 Å². The van der Waals surface area contributed by atoms with Crippen LogP contribution in [0.4, 0.5) is 0 Å². The largest absolute Gasteiger partial charge is 0.493 e. The van der Waals surface area contributed by atoms with Crippen LogP contribution in [0.1, 0.15) is 42.9 Å². The molecule has 1 unspecified atom stereocenters. The predicted molar refractivity (Wildman–Crippen MR) is 142 cm³/mol. The topological polar surface area (TPSA) is 66.0 Å². The molecule has 6 nitrogen and oxygen atoms in total. The number of benzene rings is 3. The highest BCUT2D eigenvalue weighted by molar-refractivity contribution is 5.80. The Balaban J connectivity index is 0.00000176. The maximum Gasteiger partial charge on any atom is 0.223 e. The lowest BCUT2D eigenvalue weighted by Gasteiger charge is -2.30. The van der Waals surface area contributed by atoms with Gasteiger partial charge in [-0.1, -0.05) is 56.3 Å². The van der Waals surface area contributed by atoms with E-state index in [0.29, 0.717) is 42.6 Å². The summed E-state index contributed by atoms with van der Waals surface area (Å²) < 4.78 is 22.4. The van der Waals surface area contributed by atoms with E-state index in [-0.39, 0.29) is 17.7 Å². The fourth-order valence-corrected chi connectivity index (χ4v) is 4.42. The summed E-state index contributed by atoms with van der Waals surface area (Å²) in [6.45, 7) is 5.08. The van der Waals surface area contributed by atoms with E-state index in [1.807, 2.05) is 80.6 Å². The van der Waals surface area contributed by atoms with Crippen LogP contribution in [0.3, 0.4) is 0 Å². The van der Waals surface area contributed by atoms with Crippen LogP contribution in [0.15, 0.2) is 66.7 Å². The highest BCUT2D eigenvalue weighted by Crippen LogP contribution is 2.36. The van der Waals surface area contributed by atoms with Crippen molar-refractivity contribution in [3.05, 3.63) is 83.4 Å². The summed E-state index contributed by atoms with van der Waals surface area (Å²) in [5, 5.41) is 3.08. The van der Waals surface area contributed by atoms with Crippen LogP contribution in [0.25, 0.3) is 0 Å². The molecular formula is C30H37NO5. The number of ether oxygens (including phenoxy) is 4. The number of rotatable bonds is 9. The van der Waals surface area contributed by atoms with Gasteiger partial charge in [-0.25, -0.2) is 0 Å². The van der Waals surface area contributed by atoms with Crippen molar-refractivity contribution in [3.63, 3.8) is 0 Å². The number of carbonyl (C=O) groups excluding carboxylic acids is 1. The van der Waals surface area contributed by atoms with E-state index in [0.717, 1.165) is 23.1 Å². The molecule has 1 saturated heterocycles. The first-order valence-corrected chi connectivity index (χ1v) is 12.4. The molecule has 1 aliphatic rings. The highest BCUT2D eigenvalue weighted by Gasteiger charge is 2.30. The molecule has 6 heteroatoms. The fourth-order valence-electron chi connectivity index (χ4n) is 4.42. The van der Waals surface area contributed by atoms with Gasteiger partial charge in [-0.15, -0.1) is 0 Å². The van der Waals surface area contributed by atoms with E-state index in [2.05, 4.69) is 5.32 Å². The van der Waals surface area contributed by atoms with Crippen molar-refractivity contribution in [1.29, 1.82) is 0 Å². The van der Waals surface area contributed by atoms with Crippen LogP contribution in [0.2, 0.25) is 0 Å². The average Bonchev–Trinajstić information content (AvgIpc) is 2.94. The second-order valence-electron chi connectivity index (χ2n) is 8.45. The van der Waals surface area contributed by atoms with Gasteiger partial charge in [0.05, 0.1) is 21.3 Å². The van der Waals surface area contributed by atoms with Crippen LogP contribution in [-0.4, -0.2) is 33.8 Å². The van der Waals surface area contributed by atoms with Crippen LogP contribution in [-0.2, 0) is 17.8 Å². The van der Waals surface area contributed by atoms with Gasteiger partial charge in [0, 0.05) is 18.4 Å². The molecule has 192 valence electrons. The number of methoxy groups -OCH3 is 3. The molecule has 36 heavy (non-hydrogen) atoms. The van der Waals surface area contributed by atoms with Gasteiger partial charge in [0.25, 0.3) is 0 Å². The van der Waals surface area contributed by atoms with Crippen molar-refractivity contribution < 1.29 is 23.7 Å². The van der Waals surface area contributed by atoms with Gasteiger partial charge in [-0.05, 0) is 53.8 Å². The summed E-state index contributed by atoms with van der Waals surface area (Å²) in [6, 6.07) is 21.9. The van der Waals surface area contributed by atoms with E-state index >= 15 is 0 Å². The Morgan fingerprint density at radius 3 is 2.14 bits per heavy atom. The Kier molecular flexibility index (Phi) is 10.0. The number of piperidine rings is 1. The van der Waals surface area contributed by atoms with E-state index in [1.165, 1.54) is 0 Å². The second-order valence-corrected chi connectivity index (χ2v) is 8.45. The number of nitrogens with one attached hydrogen (secondary N) is 1. The van der Waals surface area contributed by atoms with Gasteiger partial charge < -0.3 is 24.3 Å². The Morgan fingerprint density at radius 2 is 1.44 bits per heavy atom. The minimum absolute atomic E-state index is 0.0834. The van der Waals surface area contributed by atoms with Crippen molar-refractivity contribution in [3.8, 4) is 23.0 Å². The summed E-state index contributed by atoms with van der Waals surface area (Å²) in [6.07, 6.45) is 1.39. The first kappa shape index (κ1) is 26.9. The minimum atomic E-state index is -0.132. The molecule has 3 aromatic rings. The molecule has 1 N–H and O–H groups in total. The molecule has 0 spiro atoms. The Morgan fingerprint density at radius 1 is 0.778 bits per heavy atom. The van der Waals surface area contributed by atoms with Gasteiger partial charge in [0.1, 0.15) is 6.61 Å². The smallest absolute Gasteiger partial charge is 0.223 e. The van der Waals surface area contributed by atoms with Gasteiger partial charge in [0.2, 0.25) is 5.91 Å². The van der Waals surface area contributed by atoms with Crippen molar-refractivity contribution >= 4 is 5.91 Å². The first-order chi connectivity index (χ1) is 17.6. The standard InChI is InChI=1S/C28H31NO5.C2H6/c1-31-24-12-10-21(16-27(24)33-3)23-15-22(28(30)29-17-23)13-20-9-11-25(26(14-20)32-2)34-18-19-7-5-4-6-8-19;1-2/h4-12,14,16,22-23H,13,15,17-18H2,1-3H3,(H,29,30);1-2H3/t22?,23-;/m1./s1. The van der Waals surface area contributed by atoms with Crippen LogP contribution < -0.4 is 24.3 Å². The third-order valence-electron chi connectivity index (χ3n) is 6.29. The minimum Gasteiger partial charge on any atom is -0.493 e. The SMILES string of the molecule is CC.COc1ccc([C@H]2CNC(=O)C(Cc3ccc(OCc4ccccc4)c(OC)c3)C2)cc1OC. The zero-order valence-electron chi connectivity index (χ0n) is 21.9. The number of amides is 1. The molecular weight excluding hydrogens is 454 g/mol. The third kappa shape index (κ3) is 6.72. The number of carbonyl (C=O) groups is 1. The zero-order valence-corrected chi connectivity index (χ0v) is 21.9. The van der Waals surface area contributed by atoms with Crippen LogP contribution in [0, 0.1) is 5.92 Å². The molecule has 2 atom stereocenters. The predicted octanol–water partition coefficient (Wildman–Crippen LogP) is 5.78. The highest BCUT2D eigenvalue weighted by atomic mass is 16.5. The lowest BCUT2D eigenvalue weighted by Crippen LogP contribution is -2.41. The maximum atomic E-state index is 12.7. The maximum absolute atomic E-state index is 12.7. The molecule has 0 saturated carbocycles. The third-order valence-corrected chi connectivity index (χ3v) is 6.29. The van der Waals surface area contributed by atoms with Crippen molar-refractivity contribution in [2.45, 2.75) is 39.2 Å². The van der Waals surface area contributed by atoms with E-state index in [9.17, 15) is 4.79 Å². The molecule has 4 rings (SSSR count). The van der Waals surface area contributed by atoms with Gasteiger partial charge in [-0.2, -0.15) is 0 Å². The summed E-state index contributed by atoms with van der Waals surface area (Å²) in [4.78, 5) is 12.7. The molecule has 0 aliphatic carbocycles. The Labute approximate surface area is 214 Å². The van der Waals surface area contributed by atoms with Crippen LogP contribution >= 0.6 is 0 Å². The molecule has 0 radical (unpaired) electrons. The monoisotopic (exact) mass is 491 g/mol. The summed E-state index contributed by atoms with van der Waals surface area (Å²) in [5.41, 5.74) is 3.26. The first-order valence-electron chi connectivity index (χ1n) is 12.4. The second kappa shape index (κ2) is 13.4. The lowest BCUT2D eigenvalue weighted by atomic mass is 9.82. The Bertz CT molecular complexity index is 1120. The zero-order chi connectivity index (χ0) is 25.9. The van der Waals surface area contributed by atoms with Crippen molar-refractivity contribution in [2.75, 3.05) is 27.9 Å². The van der Waals surface area contributed by atoms with E-state index in [4.69, 9.17) is 18.9 Å².